The molecule has 1 N–H and O–H groups in total. The molecule has 1 unspecified atom stereocenters. The summed E-state index contributed by atoms with van der Waals surface area (Å²) in [5.41, 5.74) is 0.252. The molecule has 1 aromatic rings. The Morgan fingerprint density at radius 1 is 1.24 bits per heavy atom. The number of alkyl halides is 3. The first-order valence-electron chi connectivity index (χ1n) is 5.32. The Labute approximate surface area is 103 Å². The van der Waals surface area contributed by atoms with Gasteiger partial charge in [-0.15, -0.1) is 0 Å². The lowest BCUT2D eigenvalue weighted by molar-refractivity contribution is -0.137. The highest BCUT2D eigenvalue weighted by Gasteiger charge is 2.29. The molecule has 96 valence electrons. The summed E-state index contributed by atoms with van der Waals surface area (Å²) in [4.78, 5) is 0. The highest BCUT2D eigenvalue weighted by molar-refractivity contribution is 7.99. The van der Waals surface area contributed by atoms with Crippen molar-refractivity contribution in [3.63, 3.8) is 0 Å². The van der Waals surface area contributed by atoms with Gasteiger partial charge in [-0.05, 0) is 24.1 Å². The Balaban J connectivity index is 2.51. The standard InChI is InChI=1S/C12H15F3OS/c1-9(6-7-16)17-8-10-2-4-11(5-3-10)12(13,14)15/h2-5,9,16H,6-8H2,1H3. The smallest absolute Gasteiger partial charge is 0.396 e. The van der Waals surface area contributed by atoms with Gasteiger partial charge in [-0.3, -0.25) is 0 Å². The predicted octanol–water partition coefficient (Wildman–Crippen LogP) is 3.71. The van der Waals surface area contributed by atoms with Crippen molar-refractivity contribution in [2.45, 2.75) is 30.5 Å². The van der Waals surface area contributed by atoms with E-state index in [1.165, 1.54) is 12.1 Å². The lowest BCUT2D eigenvalue weighted by atomic mass is 10.1. The van der Waals surface area contributed by atoms with E-state index in [4.69, 9.17) is 5.11 Å². The Morgan fingerprint density at radius 3 is 2.29 bits per heavy atom. The maximum Gasteiger partial charge on any atom is 0.416 e. The molecule has 0 bridgehead atoms. The van der Waals surface area contributed by atoms with Gasteiger partial charge in [-0.25, -0.2) is 0 Å². The fraction of sp³-hybridized carbons (Fsp3) is 0.500. The summed E-state index contributed by atoms with van der Waals surface area (Å²) in [5, 5.41) is 9.03. The highest BCUT2D eigenvalue weighted by atomic mass is 32.2. The lowest BCUT2D eigenvalue weighted by Gasteiger charge is -2.10. The van der Waals surface area contributed by atoms with Gasteiger partial charge in [0.25, 0.3) is 0 Å². The molecule has 0 heterocycles. The summed E-state index contributed by atoms with van der Waals surface area (Å²) in [7, 11) is 0. The molecule has 0 fully saturated rings. The number of thioether (sulfide) groups is 1. The second-order valence-corrected chi connectivity index (χ2v) is 5.26. The van der Waals surface area contributed by atoms with Gasteiger partial charge >= 0.3 is 6.18 Å². The zero-order valence-electron chi connectivity index (χ0n) is 9.50. The van der Waals surface area contributed by atoms with Crippen molar-refractivity contribution in [3.05, 3.63) is 35.4 Å². The number of rotatable bonds is 5. The van der Waals surface area contributed by atoms with E-state index < -0.39 is 11.7 Å². The molecular formula is C12H15F3OS. The van der Waals surface area contributed by atoms with Gasteiger partial charge in [-0.2, -0.15) is 24.9 Å². The summed E-state index contributed by atoms with van der Waals surface area (Å²) in [6.45, 7) is 2.13. The third-order valence-corrected chi connectivity index (χ3v) is 3.66. The molecule has 1 rings (SSSR count). The monoisotopic (exact) mass is 264 g/mol. The van der Waals surface area contributed by atoms with Crippen LogP contribution in [0.3, 0.4) is 0 Å². The van der Waals surface area contributed by atoms with Crippen molar-refractivity contribution in [1.29, 1.82) is 0 Å². The first kappa shape index (κ1) is 14.4. The summed E-state index contributed by atoms with van der Waals surface area (Å²) >= 11 is 1.63. The van der Waals surface area contributed by atoms with Crippen LogP contribution in [0.25, 0.3) is 0 Å². The number of halogens is 3. The number of benzene rings is 1. The van der Waals surface area contributed by atoms with Crippen LogP contribution in [-0.2, 0) is 11.9 Å². The van der Waals surface area contributed by atoms with Crippen LogP contribution < -0.4 is 0 Å². The van der Waals surface area contributed by atoms with E-state index in [1.807, 2.05) is 6.92 Å². The summed E-state index contributed by atoms with van der Waals surface area (Å²) in [5.74, 6) is 0.666. The Kier molecular flexibility index (Phi) is 5.33. The fourth-order valence-electron chi connectivity index (χ4n) is 1.29. The molecule has 0 spiro atoms. The van der Waals surface area contributed by atoms with Crippen molar-refractivity contribution in [2.75, 3.05) is 6.61 Å². The minimum Gasteiger partial charge on any atom is -0.396 e. The Hall–Kier alpha value is -0.680. The maximum absolute atomic E-state index is 12.3. The van der Waals surface area contributed by atoms with Crippen molar-refractivity contribution in [2.24, 2.45) is 0 Å². The zero-order chi connectivity index (χ0) is 12.9. The van der Waals surface area contributed by atoms with E-state index >= 15 is 0 Å². The molecule has 5 heteroatoms. The first-order chi connectivity index (χ1) is 7.93. The van der Waals surface area contributed by atoms with Crippen molar-refractivity contribution >= 4 is 11.8 Å². The molecule has 0 aliphatic carbocycles. The van der Waals surface area contributed by atoms with Crippen LogP contribution in [0.1, 0.15) is 24.5 Å². The van der Waals surface area contributed by atoms with Crippen molar-refractivity contribution in [3.8, 4) is 0 Å². The van der Waals surface area contributed by atoms with E-state index in [0.717, 1.165) is 17.7 Å². The van der Waals surface area contributed by atoms with Gasteiger partial charge in [0.2, 0.25) is 0 Å². The second kappa shape index (κ2) is 6.31. The van der Waals surface area contributed by atoms with Crippen LogP contribution in [-0.4, -0.2) is 17.0 Å². The van der Waals surface area contributed by atoms with E-state index in [2.05, 4.69) is 0 Å². The fourth-order valence-corrected chi connectivity index (χ4v) is 2.24. The Bertz CT molecular complexity index is 335. The quantitative estimate of drug-likeness (QED) is 0.875. The van der Waals surface area contributed by atoms with Gasteiger partial charge in [0.05, 0.1) is 5.56 Å². The third kappa shape index (κ3) is 5.00. The van der Waals surface area contributed by atoms with Gasteiger partial charge < -0.3 is 5.11 Å². The average Bonchev–Trinajstić information content (AvgIpc) is 2.26. The minimum atomic E-state index is -4.27. The highest BCUT2D eigenvalue weighted by Crippen LogP contribution is 2.30. The van der Waals surface area contributed by atoms with Crippen LogP contribution >= 0.6 is 11.8 Å². The summed E-state index contributed by atoms with van der Waals surface area (Å²) in [6.07, 6.45) is -3.57. The van der Waals surface area contributed by atoms with E-state index in [1.54, 1.807) is 11.8 Å². The van der Waals surface area contributed by atoms with E-state index in [0.29, 0.717) is 17.4 Å². The molecule has 1 atom stereocenters. The van der Waals surface area contributed by atoms with Crippen LogP contribution in [0, 0.1) is 0 Å². The third-order valence-electron chi connectivity index (χ3n) is 2.35. The Morgan fingerprint density at radius 2 is 1.82 bits per heavy atom. The average molecular weight is 264 g/mol. The molecule has 0 amide bonds. The molecule has 0 aromatic heterocycles. The van der Waals surface area contributed by atoms with Gasteiger partial charge in [-0.1, -0.05) is 19.1 Å². The van der Waals surface area contributed by atoms with Crippen LogP contribution in [0.15, 0.2) is 24.3 Å². The van der Waals surface area contributed by atoms with Crippen LogP contribution in [0.2, 0.25) is 0 Å². The normalized spacial score (nSPS) is 13.7. The topological polar surface area (TPSA) is 20.2 Å². The number of aliphatic hydroxyl groups is 1. The zero-order valence-corrected chi connectivity index (χ0v) is 10.3. The molecule has 0 saturated heterocycles. The molecular weight excluding hydrogens is 249 g/mol. The van der Waals surface area contributed by atoms with Gasteiger partial charge in [0, 0.05) is 17.6 Å². The summed E-state index contributed by atoms with van der Waals surface area (Å²) < 4.78 is 36.9. The lowest BCUT2D eigenvalue weighted by Crippen LogP contribution is -2.04. The van der Waals surface area contributed by atoms with Crippen LogP contribution in [0.4, 0.5) is 13.2 Å². The molecule has 17 heavy (non-hydrogen) atoms. The van der Waals surface area contributed by atoms with Crippen molar-refractivity contribution < 1.29 is 18.3 Å². The van der Waals surface area contributed by atoms with Gasteiger partial charge in [0.1, 0.15) is 0 Å². The number of hydrogen-bond acceptors (Lipinski definition) is 2. The van der Waals surface area contributed by atoms with E-state index in [-0.39, 0.29) is 6.61 Å². The minimum absolute atomic E-state index is 0.140. The predicted molar refractivity (Wildman–Crippen MR) is 63.9 cm³/mol. The van der Waals surface area contributed by atoms with Gasteiger partial charge in [0.15, 0.2) is 0 Å². The molecule has 0 saturated carbocycles. The van der Waals surface area contributed by atoms with Crippen molar-refractivity contribution in [1.82, 2.24) is 0 Å². The SMILES string of the molecule is CC(CCO)SCc1ccc(C(F)(F)F)cc1. The largest absolute Gasteiger partial charge is 0.416 e. The molecule has 0 aliphatic heterocycles. The number of hydrogen-bond donors (Lipinski definition) is 1. The molecule has 1 nitrogen and oxygen atoms in total. The number of aliphatic hydroxyl groups excluding tert-OH is 1. The second-order valence-electron chi connectivity index (χ2n) is 3.83. The van der Waals surface area contributed by atoms with E-state index in [9.17, 15) is 13.2 Å². The molecule has 0 radical (unpaired) electrons. The molecule has 0 aliphatic rings. The summed E-state index contributed by atoms with van der Waals surface area (Å²) in [6, 6.07) is 5.21. The maximum atomic E-state index is 12.3. The first-order valence-corrected chi connectivity index (χ1v) is 6.37. The van der Waals surface area contributed by atoms with Crippen LogP contribution in [0.5, 0.6) is 0 Å². The molecule has 1 aromatic carbocycles.